The van der Waals surface area contributed by atoms with Gasteiger partial charge in [0.2, 0.25) is 5.91 Å². The molecule has 0 radical (unpaired) electrons. The highest BCUT2D eigenvalue weighted by Gasteiger charge is 2.97. The van der Waals surface area contributed by atoms with Crippen LogP contribution in [0.2, 0.25) is 0 Å². The summed E-state index contributed by atoms with van der Waals surface area (Å²) in [5.41, 5.74) is -1.89. The number of sulfone groups is 1. The molecule has 0 saturated heterocycles. The van der Waals surface area contributed by atoms with E-state index in [2.05, 4.69) is 0 Å². The molecule has 0 saturated carbocycles. The molecule has 7 nitrogen and oxygen atoms in total. The topological polar surface area (TPSA) is 118 Å². The zero-order valence-electron chi connectivity index (χ0n) is 23.3. The molecular weight excluding hydrogens is 801 g/mol. The summed E-state index contributed by atoms with van der Waals surface area (Å²) < 4.78 is 336. The molecule has 0 bridgehead atoms. The Hall–Kier alpha value is -2.14. The fourth-order valence-electron chi connectivity index (χ4n) is 3.31. The summed E-state index contributed by atoms with van der Waals surface area (Å²) in [6, 6.07) is 0. The Morgan fingerprint density at radius 3 is 1.14 bits per heavy atom. The number of hydrogen-bond donors (Lipinski definition) is 2. The van der Waals surface area contributed by atoms with Crippen LogP contribution in [0.15, 0.2) is 0 Å². The van der Waals surface area contributed by atoms with Gasteiger partial charge in [0.15, 0.2) is 9.84 Å². The van der Waals surface area contributed by atoms with Crippen molar-refractivity contribution < 1.29 is 118 Å². The second-order valence-electron chi connectivity index (χ2n) is 10.6. The van der Waals surface area contributed by atoms with Gasteiger partial charge >= 0.3 is 59.5 Å². The molecule has 1 amide bonds. The zero-order valence-corrected chi connectivity index (χ0v) is 24.9. The Bertz CT molecular complexity index is 1440. The lowest BCUT2D eigenvalue weighted by Crippen LogP contribution is -2.76. The lowest BCUT2D eigenvalue weighted by atomic mass is 9.86. The fourth-order valence-corrected chi connectivity index (χ4v) is 5.57. The number of rotatable bonds is 17. The lowest BCUT2D eigenvalue weighted by Gasteiger charge is -2.44. The molecule has 0 atom stereocenters. The Morgan fingerprint density at radius 2 is 0.837 bits per heavy atom. The molecule has 30 heteroatoms. The minimum Gasteiger partial charge on any atom is -0.350 e. The number of alkyl halides is 21. The third-order valence-corrected chi connectivity index (χ3v) is 8.70. The van der Waals surface area contributed by atoms with Gasteiger partial charge in [-0.1, -0.05) is 0 Å². The fraction of sp³-hybridized carbons (Fsp3) is 0.947. The molecule has 0 aliphatic heterocycles. The Kier molecular flexibility index (Phi) is 12.3. The number of halogens is 21. The van der Waals surface area contributed by atoms with Crippen molar-refractivity contribution in [2.24, 2.45) is 0 Å². The SMILES string of the molecule is CC(C)(CS(=O)(=O)O)NC(=O)CCS(=O)(=O)CCC(F)(F)C(F)(F)C(F)(F)C(F)(F)C(F)(F)C(F)(F)C(F)(F)C(F)(F)C(F)(F)C(F)(F)F. The third kappa shape index (κ3) is 8.34. The zero-order chi connectivity index (χ0) is 40.3. The molecule has 294 valence electrons. The van der Waals surface area contributed by atoms with Gasteiger partial charge in [-0.05, 0) is 13.8 Å². The molecule has 49 heavy (non-hydrogen) atoms. The molecular formula is C19H18F21NO6S2. The first-order valence-electron chi connectivity index (χ1n) is 11.7. The van der Waals surface area contributed by atoms with Crippen LogP contribution in [0.4, 0.5) is 92.2 Å². The molecule has 0 rings (SSSR count). The summed E-state index contributed by atoms with van der Waals surface area (Å²) in [5, 5.41) is 1.76. The van der Waals surface area contributed by atoms with Crippen molar-refractivity contribution in [3.8, 4) is 0 Å². The van der Waals surface area contributed by atoms with Crippen molar-refractivity contribution in [3.63, 3.8) is 0 Å². The van der Waals surface area contributed by atoms with Gasteiger partial charge in [-0.25, -0.2) is 8.42 Å². The van der Waals surface area contributed by atoms with Crippen LogP contribution in [-0.2, 0) is 24.7 Å². The van der Waals surface area contributed by atoms with E-state index in [1.54, 1.807) is 5.32 Å². The molecule has 0 aromatic heterocycles. The second-order valence-corrected chi connectivity index (χ2v) is 14.4. The van der Waals surface area contributed by atoms with E-state index in [1.807, 2.05) is 0 Å². The van der Waals surface area contributed by atoms with Gasteiger partial charge in [0, 0.05) is 12.8 Å². The van der Waals surface area contributed by atoms with Crippen molar-refractivity contribution in [1.82, 2.24) is 5.32 Å². The highest BCUT2D eigenvalue weighted by Crippen LogP contribution is 2.66. The van der Waals surface area contributed by atoms with Crippen LogP contribution in [-0.4, -0.2) is 110 Å². The van der Waals surface area contributed by atoms with Crippen LogP contribution in [0.1, 0.15) is 26.7 Å². The number of carbonyl (C=O) groups excluding carboxylic acids is 1. The highest BCUT2D eigenvalue weighted by molar-refractivity contribution is 7.91. The predicted octanol–water partition coefficient (Wildman–Crippen LogP) is 6.24. The van der Waals surface area contributed by atoms with E-state index >= 15 is 0 Å². The first-order chi connectivity index (χ1) is 20.8. The highest BCUT2D eigenvalue weighted by atomic mass is 32.2. The van der Waals surface area contributed by atoms with E-state index in [4.69, 9.17) is 4.55 Å². The van der Waals surface area contributed by atoms with E-state index in [1.165, 1.54) is 0 Å². The number of carbonyl (C=O) groups is 1. The predicted molar refractivity (Wildman–Crippen MR) is 117 cm³/mol. The average Bonchev–Trinajstić information content (AvgIpc) is 2.83. The van der Waals surface area contributed by atoms with Crippen LogP contribution in [0.5, 0.6) is 0 Å². The summed E-state index contributed by atoms with van der Waals surface area (Å²) in [5.74, 6) is -86.1. The Morgan fingerprint density at radius 1 is 0.531 bits per heavy atom. The van der Waals surface area contributed by atoms with E-state index in [9.17, 15) is 114 Å². The van der Waals surface area contributed by atoms with Crippen molar-refractivity contribution in [3.05, 3.63) is 0 Å². The maximum atomic E-state index is 14.0. The van der Waals surface area contributed by atoms with Gasteiger partial charge in [0.1, 0.15) is 0 Å². The molecule has 0 aromatic rings. The van der Waals surface area contributed by atoms with Gasteiger partial charge < -0.3 is 5.32 Å². The first-order valence-corrected chi connectivity index (χ1v) is 15.1. The van der Waals surface area contributed by atoms with E-state index in [0.717, 1.165) is 13.8 Å². The molecule has 0 aliphatic carbocycles. The van der Waals surface area contributed by atoms with Crippen molar-refractivity contribution >= 4 is 25.9 Å². The van der Waals surface area contributed by atoms with Gasteiger partial charge in [-0.15, -0.1) is 0 Å². The number of amides is 1. The molecule has 0 heterocycles. The van der Waals surface area contributed by atoms with Crippen LogP contribution >= 0.6 is 0 Å². The molecule has 0 aromatic carbocycles. The maximum absolute atomic E-state index is 14.0. The van der Waals surface area contributed by atoms with E-state index < -0.39 is 121 Å². The van der Waals surface area contributed by atoms with Gasteiger partial charge in [-0.2, -0.15) is 101 Å². The monoisotopic (exact) mass is 819 g/mol. The molecule has 0 fully saturated rings. The number of hydrogen-bond acceptors (Lipinski definition) is 5. The summed E-state index contributed by atoms with van der Waals surface area (Å²) in [6.07, 6.45) is -12.9. The average molecular weight is 819 g/mol. The van der Waals surface area contributed by atoms with Crippen LogP contribution in [0.3, 0.4) is 0 Å². The third-order valence-electron chi connectivity index (χ3n) is 5.96. The largest absolute Gasteiger partial charge is 0.460 e. The first kappa shape index (κ1) is 46.9. The van der Waals surface area contributed by atoms with Crippen molar-refractivity contribution in [2.45, 2.75) is 91.7 Å². The van der Waals surface area contributed by atoms with Gasteiger partial charge in [0.05, 0.1) is 22.8 Å². The minimum atomic E-state index is -9.34. The van der Waals surface area contributed by atoms with Crippen LogP contribution in [0.25, 0.3) is 0 Å². The lowest BCUT2D eigenvalue weighted by molar-refractivity contribution is -0.474. The Labute approximate surface area is 259 Å². The van der Waals surface area contributed by atoms with Crippen molar-refractivity contribution in [1.29, 1.82) is 0 Å². The molecule has 2 N–H and O–H groups in total. The standard InChI is InChI=1S/C19H18F21NO6S2/c1-9(2,7-49(45,46)47)41-8(42)3-5-48(43,44)6-4-10(20,21)11(22,23)12(24,25)13(26,27)14(28,29)15(30,31)16(32,33)17(34,35)18(36,37)19(38,39)40/h3-7H2,1-2H3,(H,41,42)(H,45,46,47). The summed E-state index contributed by atoms with van der Waals surface area (Å²) >= 11 is 0. The minimum absolute atomic E-state index is 0.898. The normalized spacial score (nSPS) is 16.2. The molecule has 0 unspecified atom stereocenters. The Balaban J connectivity index is 6.44. The second kappa shape index (κ2) is 12.8. The molecule has 0 spiro atoms. The van der Waals surface area contributed by atoms with Gasteiger partial charge in [0.25, 0.3) is 10.1 Å². The van der Waals surface area contributed by atoms with Crippen LogP contribution < -0.4 is 5.32 Å². The summed E-state index contributed by atoms with van der Waals surface area (Å²) in [7, 11) is -10.3. The van der Waals surface area contributed by atoms with E-state index in [0.29, 0.717) is 0 Å². The van der Waals surface area contributed by atoms with Crippen LogP contribution in [0, 0.1) is 0 Å². The van der Waals surface area contributed by atoms with E-state index in [-0.39, 0.29) is 0 Å². The summed E-state index contributed by atoms with van der Waals surface area (Å²) in [4.78, 5) is 11.8. The maximum Gasteiger partial charge on any atom is 0.460 e. The number of nitrogens with one attached hydrogen (secondary N) is 1. The van der Waals surface area contributed by atoms with Gasteiger partial charge in [-0.3, -0.25) is 9.35 Å². The van der Waals surface area contributed by atoms with Crippen molar-refractivity contribution in [2.75, 3.05) is 17.3 Å². The smallest absolute Gasteiger partial charge is 0.350 e. The molecule has 0 aliphatic rings. The quantitative estimate of drug-likeness (QED) is 0.133. The summed E-state index contributed by atoms with van der Waals surface area (Å²) in [6.45, 7) is 1.80.